The van der Waals surface area contributed by atoms with Crippen LogP contribution in [0.15, 0.2) is 48.5 Å². The Balaban J connectivity index is 1.52. The van der Waals surface area contributed by atoms with Gasteiger partial charge in [0.25, 0.3) is 5.91 Å². The van der Waals surface area contributed by atoms with Crippen molar-refractivity contribution < 1.29 is 14.3 Å². The Hall–Kier alpha value is -2.86. The standard InChI is InChI=1S/C22H27N3O3/c1-28-15-5-13-23-22(27)18-9-11-19(12-10-18)24-21(26)16-25-14-4-7-17-6-2-3-8-20(17)25/h2-3,6,8-12H,4-5,7,13-16H2,1H3,(H,23,27)(H,24,26). The molecule has 2 aromatic rings. The van der Waals surface area contributed by atoms with Crippen LogP contribution in [0, 0.1) is 0 Å². The molecule has 1 aliphatic heterocycles. The molecule has 0 saturated carbocycles. The smallest absolute Gasteiger partial charge is 0.251 e. The predicted octanol–water partition coefficient (Wildman–Crippen LogP) is 2.84. The van der Waals surface area contributed by atoms with E-state index in [1.807, 2.05) is 12.1 Å². The molecule has 2 N–H and O–H groups in total. The molecule has 0 bridgehead atoms. The summed E-state index contributed by atoms with van der Waals surface area (Å²) < 4.78 is 4.96. The highest BCUT2D eigenvalue weighted by Gasteiger charge is 2.18. The number of fused-ring (bicyclic) bond motifs is 1. The molecular weight excluding hydrogens is 354 g/mol. The molecule has 0 spiro atoms. The summed E-state index contributed by atoms with van der Waals surface area (Å²) in [6.07, 6.45) is 2.89. The van der Waals surface area contributed by atoms with Gasteiger partial charge in [-0.2, -0.15) is 0 Å². The predicted molar refractivity (Wildman–Crippen MR) is 111 cm³/mol. The van der Waals surface area contributed by atoms with E-state index in [1.165, 1.54) is 5.56 Å². The van der Waals surface area contributed by atoms with Gasteiger partial charge in [0.1, 0.15) is 0 Å². The third kappa shape index (κ3) is 5.33. The molecule has 0 aromatic heterocycles. The van der Waals surface area contributed by atoms with Gasteiger partial charge in [0.2, 0.25) is 5.91 Å². The van der Waals surface area contributed by atoms with Gasteiger partial charge in [-0.15, -0.1) is 0 Å². The average molecular weight is 381 g/mol. The zero-order valence-corrected chi connectivity index (χ0v) is 16.2. The number of benzene rings is 2. The minimum atomic E-state index is -0.126. The maximum atomic E-state index is 12.5. The van der Waals surface area contributed by atoms with E-state index in [0.29, 0.717) is 30.9 Å². The Kier molecular flexibility index (Phi) is 7.03. The first-order valence-electron chi connectivity index (χ1n) is 9.67. The molecule has 0 fully saturated rings. The highest BCUT2D eigenvalue weighted by atomic mass is 16.5. The van der Waals surface area contributed by atoms with Gasteiger partial charge < -0.3 is 20.3 Å². The van der Waals surface area contributed by atoms with E-state index in [9.17, 15) is 9.59 Å². The topological polar surface area (TPSA) is 70.7 Å². The van der Waals surface area contributed by atoms with Crippen molar-refractivity contribution in [1.82, 2.24) is 5.32 Å². The maximum absolute atomic E-state index is 12.5. The van der Waals surface area contributed by atoms with Crippen molar-refractivity contribution >= 4 is 23.2 Å². The summed E-state index contributed by atoms with van der Waals surface area (Å²) in [4.78, 5) is 26.7. The fourth-order valence-corrected chi connectivity index (χ4v) is 3.38. The molecule has 0 saturated heterocycles. The second-order valence-electron chi connectivity index (χ2n) is 6.88. The van der Waals surface area contributed by atoms with E-state index < -0.39 is 0 Å². The Morgan fingerprint density at radius 1 is 1.11 bits per heavy atom. The number of aryl methyl sites for hydroxylation is 1. The minimum absolute atomic E-state index is 0.0616. The SMILES string of the molecule is COCCCNC(=O)c1ccc(NC(=O)CN2CCCc3ccccc32)cc1. The number of para-hydroxylation sites is 1. The van der Waals surface area contributed by atoms with Crippen LogP contribution in [-0.2, 0) is 16.0 Å². The van der Waals surface area contributed by atoms with Gasteiger partial charge in [-0.05, 0) is 55.2 Å². The molecule has 0 radical (unpaired) electrons. The quantitative estimate of drug-likeness (QED) is 0.690. The number of methoxy groups -OCH3 is 1. The highest BCUT2D eigenvalue weighted by Crippen LogP contribution is 2.26. The number of rotatable bonds is 8. The van der Waals surface area contributed by atoms with E-state index in [-0.39, 0.29) is 11.8 Å². The number of amides is 2. The fraction of sp³-hybridized carbons (Fsp3) is 0.364. The van der Waals surface area contributed by atoms with Crippen molar-refractivity contribution in [2.75, 3.05) is 43.6 Å². The van der Waals surface area contributed by atoms with Crippen LogP contribution >= 0.6 is 0 Å². The first-order chi connectivity index (χ1) is 13.7. The number of nitrogens with zero attached hydrogens (tertiary/aromatic N) is 1. The number of nitrogens with one attached hydrogen (secondary N) is 2. The van der Waals surface area contributed by atoms with Crippen LogP contribution in [0.2, 0.25) is 0 Å². The lowest BCUT2D eigenvalue weighted by molar-refractivity contribution is -0.115. The summed E-state index contributed by atoms with van der Waals surface area (Å²) in [5, 5.41) is 5.76. The summed E-state index contributed by atoms with van der Waals surface area (Å²) in [5.41, 5.74) is 3.69. The maximum Gasteiger partial charge on any atom is 0.251 e. The van der Waals surface area contributed by atoms with E-state index >= 15 is 0 Å². The van der Waals surface area contributed by atoms with E-state index in [4.69, 9.17) is 4.74 Å². The van der Waals surface area contributed by atoms with E-state index in [0.717, 1.165) is 31.5 Å². The van der Waals surface area contributed by atoms with Gasteiger partial charge in [0.05, 0.1) is 6.54 Å². The first kappa shape index (κ1) is 19.9. The third-order valence-electron chi connectivity index (χ3n) is 4.78. The van der Waals surface area contributed by atoms with Gasteiger partial charge in [-0.3, -0.25) is 9.59 Å². The lowest BCUT2D eigenvalue weighted by atomic mass is 10.0. The van der Waals surface area contributed by atoms with Crippen molar-refractivity contribution in [2.45, 2.75) is 19.3 Å². The Bertz CT molecular complexity index is 805. The van der Waals surface area contributed by atoms with Crippen molar-refractivity contribution in [1.29, 1.82) is 0 Å². The van der Waals surface area contributed by atoms with Crippen LogP contribution in [0.5, 0.6) is 0 Å². The number of carbonyl (C=O) groups is 2. The van der Waals surface area contributed by atoms with Gasteiger partial charge in [0.15, 0.2) is 0 Å². The van der Waals surface area contributed by atoms with Crippen LogP contribution < -0.4 is 15.5 Å². The highest BCUT2D eigenvalue weighted by molar-refractivity contribution is 5.96. The van der Waals surface area contributed by atoms with Crippen LogP contribution in [0.4, 0.5) is 11.4 Å². The zero-order chi connectivity index (χ0) is 19.8. The Labute approximate surface area is 165 Å². The molecule has 1 aliphatic rings. The summed E-state index contributed by atoms with van der Waals surface area (Å²) in [7, 11) is 1.64. The van der Waals surface area contributed by atoms with Crippen molar-refractivity contribution in [3.63, 3.8) is 0 Å². The molecule has 1 heterocycles. The zero-order valence-electron chi connectivity index (χ0n) is 16.2. The largest absolute Gasteiger partial charge is 0.385 e. The lowest BCUT2D eigenvalue weighted by Crippen LogP contribution is -2.36. The van der Waals surface area contributed by atoms with Crippen molar-refractivity contribution in [2.24, 2.45) is 0 Å². The number of hydrogen-bond acceptors (Lipinski definition) is 4. The second-order valence-corrected chi connectivity index (χ2v) is 6.88. The minimum Gasteiger partial charge on any atom is -0.385 e. The molecule has 0 aliphatic carbocycles. The Morgan fingerprint density at radius 2 is 1.89 bits per heavy atom. The van der Waals surface area contributed by atoms with Crippen LogP contribution in [0.25, 0.3) is 0 Å². The Morgan fingerprint density at radius 3 is 2.68 bits per heavy atom. The summed E-state index contributed by atoms with van der Waals surface area (Å²) in [6.45, 7) is 2.39. The van der Waals surface area contributed by atoms with E-state index in [1.54, 1.807) is 31.4 Å². The van der Waals surface area contributed by atoms with Gasteiger partial charge in [-0.25, -0.2) is 0 Å². The normalized spacial score (nSPS) is 13.0. The molecule has 3 rings (SSSR count). The first-order valence-corrected chi connectivity index (χ1v) is 9.67. The number of ether oxygens (including phenoxy) is 1. The summed E-state index contributed by atoms with van der Waals surface area (Å²) >= 11 is 0. The van der Waals surface area contributed by atoms with Gasteiger partial charge in [0, 0.05) is 43.7 Å². The van der Waals surface area contributed by atoms with Crippen molar-refractivity contribution in [3.05, 3.63) is 59.7 Å². The van der Waals surface area contributed by atoms with Gasteiger partial charge in [-0.1, -0.05) is 18.2 Å². The van der Waals surface area contributed by atoms with E-state index in [2.05, 4.69) is 27.7 Å². The average Bonchev–Trinajstić information content (AvgIpc) is 2.72. The number of carbonyl (C=O) groups excluding carboxylic acids is 2. The molecule has 28 heavy (non-hydrogen) atoms. The summed E-state index contributed by atoms with van der Waals surface area (Å²) in [6, 6.07) is 15.2. The molecule has 0 unspecified atom stereocenters. The molecule has 6 heteroatoms. The van der Waals surface area contributed by atoms with Crippen LogP contribution in [0.3, 0.4) is 0 Å². The molecular formula is C22H27N3O3. The molecule has 0 atom stereocenters. The lowest BCUT2D eigenvalue weighted by Gasteiger charge is -2.30. The second kappa shape index (κ2) is 9.90. The monoisotopic (exact) mass is 381 g/mol. The molecule has 2 amide bonds. The third-order valence-corrected chi connectivity index (χ3v) is 4.78. The molecule has 2 aromatic carbocycles. The number of anilines is 2. The van der Waals surface area contributed by atoms with Crippen LogP contribution in [-0.4, -0.2) is 45.2 Å². The molecule has 6 nitrogen and oxygen atoms in total. The van der Waals surface area contributed by atoms with Crippen molar-refractivity contribution in [3.8, 4) is 0 Å². The van der Waals surface area contributed by atoms with Crippen LogP contribution in [0.1, 0.15) is 28.8 Å². The fourth-order valence-electron chi connectivity index (χ4n) is 3.38. The number of hydrogen-bond donors (Lipinski definition) is 2. The summed E-state index contributed by atoms with van der Waals surface area (Å²) in [5.74, 6) is -0.188. The molecule has 148 valence electrons. The van der Waals surface area contributed by atoms with Gasteiger partial charge >= 0.3 is 0 Å².